The van der Waals surface area contributed by atoms with Crippen LogP contribution in [-0.2, 0) is 11.3 Å². The van der Waals surface area contributed by atoms with E-state index in [-0.39, 0.29) is 0 Å². The van der Waals surface area contributed by atoms with E-state index in [4.69, 9.17) is 0 Å². The van der Waals surface area contributed by atoms with Crippen LogP contribution in [0.25, 0.3) is 0 Å². The molecule has 0 saturated carbocycles. The molecule has 1 aromatic rings. The van der Waals surface area contributed by atoms with Crippen LogP contribution >= 0.6 is 0 Å². The van der Waals surface area contributed by atoms with Crippen LogP contribution in [-0.4, -0.2) is 28.6 Å². The number of rotatable bonds is 6. The SMILES string of the molecule is C=CCC(C)(C(=O)O)N(C)Cc1ccccc1. The molecule has 1 rings (SSSR count). The first-order valence-corrected chi connectivity index (χ1v) is 5.60. The van der Waals surface area contributed by atoms with Crippen molar-refractivity contribution in [1.29, 1.82) is 0 Å². The van der Waals surface area contributed by atoms with Crippen LogP contribution < -0.4 is 0 Å². The minimum atomic E-state index is -0.905. The van der Waals surface area contributed by atoms with Crippen molar-refractivity contribution in [3.63, 3.8) is 0 Å². The summed E-state index contributed by atoms with van der Waals surface area (Å²) < 4.78 is 0. The second-order valence-corrected chi connectivity index (χ2v) is 4.41. The van der Waals surface area contributed by atoms with Gasteiger partial charge in [-0.1, -0.05) is 36.4 Å². The van der Waals surface area contributed by atoms with E-state index in [9.17, 15) is 9.90 Å². The summed E-state index contributed by atoms with van der Waals surface area (Å²) >= 11 is 0. The van der Waals surface area contributed by atoms with Crippen LogP contribution in [0.2, 0.25) is 0 Å². The Morgan fingerprint density at radius 3 is 2.53 bits per heavy atom. The molecule has 0 saturated heterocycles. The first-order valence-electron chi connectivity index (χ1n) is 5.60. The molecule has 0 amide bonds. The van der Waals surface area contributed by atoms with Crippen LogP contribution in [0.15, 0.2) is 43.0 Å². The molecule has 0 aromatic heterocycles. The highest BCUT2D eigenvalue weighted by Gasteiger charge is 2.36. The minimum absolute atomic E-state index is 0.422. The van der Waals surface area contributed by atoms with Crippen molar-refractivity contribution >= 4 is 5.97 Å². The number of carboxylic acids is 1. The van der Waals surface area contributed by atoms with Gasteiger partial charge in [0.05, 0.1) is 0 Å². The van der Waals surface area contributed by atoms with Gasteiger partial charge in [0.15, 0.2) is 0 Å². The lowest BCUT2D eigenvalue weighted by atomic mass is 9.95. The van der Waals surface area contributed by atoms with Crippen molar-refractivity contribution in [3.8, 4) is 0 Å². The van der Waals surface area contributed by atoms with Gasteiger partial charge >= 0.3 is 5.97 Å². The summed E-state index contributed by atoms with van der Waals surface area (Å²) in [6.45, 7) is 5.96. The quantitative estimate of drug-likeness (QED) is 0.768. The minimum Gasteiger partial charge on any atom is -0.480 e. The van der Waals surface area contributed by atoms with E-state index in [1.165, 1.54) is 0 Å². The molecule has 0 spiro atoms. The smallest absolute Gasteiger partial charge is 0.324 e. The summed E-state index contributed by atoms with van der Waals surface area (Å²) in [5.41, 5.74) is 0.198. The fourth-order valence-corrected chi connectivity index (χ4v) is 1.72. The van der Waals surface area contributed by atoms with E-state index < -0.39 is 11.5 Å². The zero-order valence-corrected chi connectivity index (χ0v) is 10.4. The van der Waals surface area contributed by atoms with Crippen molar-refractivity contribution in [2.75, 3.05) is 7.05 Å². The second kappa shape index (κ2) is 5.64. The molecule has 17 heavy (non-hydrogen) atoms. The normalized spacial score (nSPS) is 14.3. The van der Waals surface area contributed by atoms with Gasteiger partial charge in [0.2, 0.25) is 0 Å². The molecule has 1 unspecified atom stereocenters. The van der Waals surface area contributed by atoms with Crippen molar-refractivity contribution in [1.82, 2.24) is 4.90 Å². The first kappa shape index (κ1) is 13.5. The van der Waals surface area contributed by atoms with Gasteiger partial charge in [-0.15, -0.1) is 6.58 Å². The van der Waals surface area contributed by atoms with Crippen molar-refractivity contribution in [3.05, 3.63) is 48.6 Å². The first-order chi connectivity index (χ1) is 8.00. The summed E-state index contributed by atoms with van der Waals surface area (Å²) in [6.07, 6.45) is 2.07. The molecule has 0 heterocycles. The lowest BCUT2D eigenvalue weighted by molar-refractivity contribution is -0.149. The Morgan fingerprint density at radius 1 is 1.47 bits per heavy atom. The van der Waals surface area contributed by atoms with Gasteiger partial charge in [-0.25, -0.2) is 0 Å². The number of carbonyl (C=O) groups is 1. The molecule has 1 N–H and O–H groups in total. The Hall–Kier alpha value is -1.61. The molecule has 3 heteroatoms. The zero-order chi connectivity index (χ0) is 12.9. The van der Waals surface area contributed by atoms with Gasteiger partial charge in [-0.2, -0.15) is 0 Å². The maximum absolute atomic E-state index is 11.4. The van der Waals surface area contributed by atoms with E-state index in [2.05, 4.69) is 6.58 Å². The van der Waals surface area contributed by atoms with Gasteiger partial charge in [-0.3, -0.25) is 9.69 Å². The number of hydrogen-bond acceptors (Lipinski definition) is 2. The van der Waals surface area contributed by atoms with Gasteiger partial charge < -0.3 is 5.11 Å². The van der Waals surface area contributed by atoms with Crippen molar-refractivity contribution in [2.24, 2.45) is 0 Å². The van der Waals surface area contributed by atoms with Crippen LogP contribution in [0, 0.1) is 0 Å². The third-order valence-corrected chi connectivity index (χ3v) is 3.11. The predicted octanol–water partition coefficient (Wildman–Crippen LogP) is 2.54. The number of nitrogens with zero attached hydrogens (tertiary/aromatic N) is 1. The van der Waals surface area contributed by atoms with E-state index in [1.54, 1.807) is 13.0 Å². The van der Waals surface area contributed by atoms with Gasteiger partial charge in [-0.05, 0) is 26.0 Å². The number of hydrogen-bond donors (Lipinski definition) is 1. The van der Waals surface area contributed by atoms with Crippen LogP contribution in [0.1, 0.15) is 18.9 Å². The molecule has 0 aliphatic rings. The Kier molecular flexibility index (Phi) is 4.46. The highest BCUT2D eigenvalue weighted by molar-refractivity contribution is 5.78. The molecular formula is C14H19NO2. The fraction of sp³-hybridized carbons (Fsp3) is 0.357. The molecule has 0 fully saturated rings. The predicted molar refractivity (Wildman–Crippen MR) is 68.8 cm³/mol. The van der Waals surface area contributed by atoms with E-state index >= 15 is 0 Å². The Labute approximate surface area is 102 Å². The molecule has 0 aliphatic carbocycles. The molecule has 0 bridgehead atoms. The Bertz CT molecular complexity index is 388. The third kappa shape index (κ3) is 3.17. The van der Waals surface area contributed by atoms with Crippen LogP contribution in [0.3, 0.4) is 0 Å². The standard InChI is InChI=1S/C14H19NO2/c1-4-10-14(2,13(16)17)15(3)11-12-8-6-5-7-9-12/h4-9H,1,10-11H2,2-3H3,(H,16,17). The molecule has 1 atom stereocenters. The maximum atomic E-state index is 11.4. The van der Waals surface area contributed by atoms with E-state index in [1.807, 2.05) is 42.3 Å². The summed E-state index contributed by atoms with van der Waals surface area (Å²) in [5.74, 6) is -0.823. The van der Waals surface area contributed by atoms with Gasteiger partial charge in [0.1, 0.15) is 5.54 Å². The highest BCUT2D eigenvalue weighted by Crippen LogP contribution is 2.21. The molecule has 92 valence electrons. The zero-order valence-electron chi connectivity index (χ0n) is 10.4. The van der Waals surface area contributed by atoms with Crippen molar-refractivity contribution in [2.45, 2.75) is 25.4 Å². The maximum Gasteiger partial charge on any atom is 0.324 e. The monoisotopic (exact) mass is 233 g/mol. The van der Waals surface area contributed by atoms with E-state index in [0.717, 1.165) is 5.56 Å². The molecule has 0 aliphatic heterocycles. The number of likely N-dealkylation sites (N-methyl/N-ethyl adjacent to an activating group) is 1. The van der Waals surface area contributed by atoms with Gasteiger partial charge in [0.25, 0.3) is 0 Å². The average Bonchev–Trinajstić information content (AvgIpc) is 2.30. The summed E-state index contributed by atoms with van der Waals surface area (Å²) in [7, 11) is 1.82. The molecular weight excluding hydrogens is 214 g/mol. The second-order valence-electron chi connectivity index (χ2n) is 4.41. The topological polar surface area (TPSA) is 40.5 Å². The number of benzene rings is 1. The largest absolute Gasteiger partial charge is 0.480 e. The Balaban J connectivity index is 2.83. The fourth-order valence-electron chi connectivity index (χ4n) is 1.72. The van der Waals surface area contributed by atoms with Crippen LogP contribution in [0.4, 0.5) is 0 Å². The lowest BCUT2D eigenvalue weighted by Crippen LogP contribution is -2.49. The molecule has 0 radical (unpaired) electrons. The summed E-state index contributed by atoms with van der Waals surface area (Å²) in [5, 5.41) is 9.32. The number of carboxylic acid groups (broad SMARTS) is 1. The summed E-state index contributed by atoms with van der Waals surface area (Å²) in [4.78, 5) is 13.2. The van der Waals surface area contributed by atoms with Crippen LogP contribution in [0.5, 0.6) is 0 Å². The summed E-state index contributed by atoms with van der Waals surface area (Å²) in [6, 6.07) is 9.84. The third-order valence-electron chi connectivity index (χ3n) is 3.11. The van der Waals surface area contributed by atoms with Crippen molar-refractivity contribution < 1.29 is 9.90 Å². The molecule has 1 aromatic carbocycles. The average molecular weight is 233 g/mol. The molecule has 3 nitrogen and oxygen atoms in total. The van der Waals surface area contributed by atoms with Gasteiger partial charge in [0, 0.05) is 6.54 Å². The van der Waals surface area contributed by atoms with E-state index in [0.29, 0.717) is 13.0 Å². The highest BCUT2D eigenvalue weighted by atomic mass is 16.4. The Morgan fingerprint density at radius 2 is 2.06 bits per heavy atom. The lowest BCUT2D eigenvalue weighted by Gasteiger charge is -2.34. The number of aliphatic carboxylic acids is 1.